The molecule has 11 heavy (non-hydrogen) atoms. The molecule has 0 bridgehead atoms. The lowest BCUT2D eigenvalue weighted by Crippen LogP contribution is -2.35. The zero-order chi connectivity index (χ0) is 8.27. The molecular formula is C6H10N2O3. The van der Waals surface area contributed by atoms with Crippen LogP contribution >= 0.6 is 0 Å². The molecule has 0 saturated carbocycles. The molecule has 0 aliphatic carbocycles. The topological polar surface area (TPSA) is 81.4 Å². The van der Waals surface area contributed by atoms with Crippen molar-refractivity contribution in [2.75, 3.05) is 6.54 Å². The predicted octanol–water partition coefficient (Wildman–Crippen LogP) is -0.640. The van der Waals surface area contributed by atoms with Crippen LogP contribution in [0.4, 0.5) is 4.79 Å². The lowest BCUT2D eigenvalue weighted by atomic mass is 10.2. The minimum absolute atomic E-state index is 0.345. The fraction of sp³-hybridized carbons (Fsp3) is 0.667. The van der Waals surface area contributed by atoms with Gasteiger partial charge < -0.3 is 15.8 Å². The van der Waals surface area contributed by atoms with Gasteiger partial charge in [0.05, 0.1) is 0 Å². The van der Waals surface area contributed by atoms with Gasteiger partial charge in [0.1, 0.15) is 6.04 Å². The van der Waals surface area contributed by atoms with Gasteiger partial charge in [-0.05, 0) is 19.4 Å². The maximum atomic E-state index is 10.9. The van der Waals surface area contributed by atoms with Gasteiger partial charge >= 0.3 is 12.1 Å². The first-order chi connectivity index (χ1) is 5.20. The van der Waals surface area contributed by atoms with Gasteiger partial charge in [0.2, 0.25) is 0 Å². The standard InChI is InChI=1S/C6H10N2O3/c7-6(10)11-5(9)4-2-1-3-8-4/h4,8H,1-3H2,(H2,7,10). The lowest BCUT2D eigenvalue weighted by Gasteiger charge is -2.05. The van der Waals surface area contributed by atoms with Crippen LogP contribution in [0.2, 0.25) is 0 Å². The molecule has 0 aromatic carbocycles. The number of amides is 1. The average molecular weight is 158 g/mol. The third-order valence-electron chi connectivity index (χ3n) is 1.55. The van der Waals surface area contributed by atoms with E-state index in [0.29, 0.717) is 6.42 Å². The van der Waals surface area contributed by atoms with Crippen LogP contribution in [0.5, 0.6) is 0 Å². The molecule has 1 saturated heterocycles. The van der Waals surface area contributed by atoms with Gasteiger partial charge in [-0.15, -0.1) is 0 Å². The predicted molar refractivity (Wildman–Crippen MR) is 36.7 cm³/mol. The third kappa shape index (κ3) is 2.19. The molecule has 1 aliphatic rings. The van der Waals surface area contributed by atoms with Crippen molar-refractivity contribution >= 4 is 12.1 Å². The molecule has 62 valence electrons. The first-order valence-corrected chi connectivity index (χ1v) is 3.44. The molecule has 5 nitrogen and oxygen atoms in total. The molecular weight excluding hydrogens is 148 g/mol. The number of esters is 1. The first kappa shape index (κ1) is 8.00. The van der Waals surface area contributed by atoms with Crippen LogP contribution in [0.25, 0.3) is 0 Å². The van der Waals surface area contributed by atoms with E-state index in [9.17, 15) is 9.59 Å². The van der Waals surface area contributed by atoms with Crippen LogP contribution in [0.15, 0.2) is 0 Å². The van der Waals surface area contributed by atoms with Crippen molar-refractivity contribution in [3.63, 3.8) is 0 Å². The van der Waals surface area contributed by atoms with E-state index in [1.54, 1.807) is 0 Å². The van der Waals surface area contributed by atoms with Crippen molar-refractivity contribution in [3.05, 3.63) is 0 Å². The maximum Gasteiger partial charge on any atom is 0.412 e. The minimum atomic E-state index is -1.04. The van der Waals surface area contributed by atoms with Gasteiger partial charge in [0.15, 0.2) is 0 Å². The van der Waals surface area contributed by atoms with Crippen molar-refractivity contribution in [1.29, 1.82) is 0 Å². The second-order valence-electron chi connectivity index (χ2n) is 2.39. The second kappa shape index (κ2) is 3.34. The second-order valence-corrected chi connectivity index (χ2v) is 2.39. The molecule has 0 radical (unpaired) electrons. The SMILES string of the molecule is NC(=O)OC(=O)C1CCCN1. The number of nitrogens with two attached hydrogens (primary N) is 1. The summed E-state index contributed by atoms with van der Waals surface area (Å²) in [6.07, 6.45) is 0.605. The molecule has 5 heteroatoms. The Morgan fingerprint density at radius 2 is 2.27 bits per heavy atom. The first-order valence-electron chi connectivity index (χ1n) is 3.44. The smallest absolute Gasteiger partial charge is 0.375 e. The van der Waals surface area contributed by atoms with Crippen molar-refractivity contribution in [1.82, 2.24) is 5.32 Å². The molecule has 1 unspecified atom stereocenters. The molecule has 1 atom stereocenters. The Balaban J connectivity index is 2.34. The largest absolute Gasteiger partial charge is 0.412 e. The monoisotopic (exact) mass is 158 g/mol. The van der Waals surface area contributed by atoms with Crippen molar-refractivity contribution in [3.8, 4) is 0 Å². The van der Waals surface area contributed by atoms with E-state index in [0.717, 1.165) is 13.0 Å². The average Bonchev–Trinajstić information content (AvgIpc) is 2.35. The van der Waals surface area contributed by atoms with E-state index in [1.165, 1.54) is 0 Å². The molecule has 0 aromatic rings. The summed E-state index contributed by atoms with van der Waals surface area (Å²) >= 11 is 0. The Morgan fingerprint density at radius 3 is 2.73 bits per heavy atom. The highest BCUT2D eigenvalue weighted by Gasteiger charge is 2.24. The van der Waals surface area contributed by atoms with Gasteiger partial charge in [-0.3, -0.25) is 0 Å². The van der Waals surface area contributed by atoms with E-state index < -0.39 is 12.1 Å². The van der Waals surface area contributed by atoms with Crippen LogP contribution in [0.1, 0.15) is 12.8 Å². The number of nitrogens with one attached hydrogen (secondary N) is 1. The minimum Gasteiger partial charge on any atom is -0.375 e. The van der Waals surface area contributed by atoms with Crippen LogP contribution in [-0.4, -0.2) is 24.6 Å². The molecule has 3 N–H and O–H groups in total. The number of rotatable bonds is 1. The molecule has 1 amide bonds. The summed E-state index contributed by atoms with van der Waals surface area (Å²) in [6, 6.07) is -0.345. The van der Waals surface area contributed by atoms with Crippen molar-refractivity contribution in [2.24, 2.45) is 5.73 Å². The Labute approximate surface area is 63.9 Å². The number of hydrogen-bond acceptors (Lipinski definition) is 4. The van der Waals surface area contributed by atoms with Crippen LogP contribution in [0.3, 0.4) is 0 Å². The summed E-state index contributed by atoms with van der Waals surface area (Å²) < 4.78 is 4.17. The normalized spacial score (nSPS) is 23.1. The van der Waals surface area contributed by atoms with Gasteiger partial charge in [0, 0.05) is 0 Å². The molecule has 0 aromatic heterocycles. The quantitative estimate of drug-likeness (QED) is 0.393. The van der Waals surface area contributed by atoms with Gasteiger partial charge in [0.25, 0.3) is 0 Å². The Kier molecular flexibility index (Phi) is 2.43. The van der Waals surface area contributed by atoms with Crippen LogP contribution in [-0.2, 0) is 9.53 Å². The highest BCUT2D eigenvalue weighted by Crippen LogP contribution is 2.05. The fourth-order valence-corrected chi connectivity index (χ4v) is 1.06. The summed E-state index contributed by atoms with van der Waals surface area (Å²) in [5.74, 6) is -0.574. The van der Waals surface area contributed by atoms with E-state index in [-0.39, 0.29) is 6.04 Å². The zero-order valence-electron chi connectivity index (χ0n) is 6.00. The van der Waals surface area contributed by atoms with E-state index in [1.807, 2.05) is 0 Å². The molecule has 1 heterocycles. The van der Waals surface area contributed by atoms with Crippen LogP contribution < -0.4 is 11.1 Å². The number of primary amides is 1. The summed E-state index contributed by atoms with van der Waals surface area (Å²) in [6.45, 7) is 0.790. The summed E-state index contributed by atoms with van der Waals surface area (Å²) in [5, 5.41) is 2.88. The van der Waals surface area contributed by atoms with E-state index >= 15 is 0 Å². The summed E-state index contributed by atoms with van der Waals surface area (Å²) in [5.41, 5.74) is 4.65. The zero-order valence-corrected chi connectivity index (χ0v) is 6.00. The van der Waals surface area contributed by atoms with Crippen LogP contribution in [0, 0.1) is 0 Å². The van der Waals surface area contributed by atoms with E-state index in [4.69, 9.17) is 0 Å². The Morgan fingerprint density at radius 1 is 1.55 bits per heavy atom. The third-order valence-corrected chi connectivity index (χ3v) is 1.55. The highest BCUT2D eigenvalue weighted by molar-refractivity contribution is 5.87. The van der Waals surface area contributed by atoms with Gasteiger partial charge in [-0.1, -0.05) is 0 Å². The summed E-state index contributed by atoms with van der Waals surface area (Å²) in [4.78, 5) is 21.0. The number of hydrogen-bond donors (Lipinski definition) is 2. The highest BCUT2D eigenvalue weighted by atomic mass is 16.6. The van der Waals surface area contributed by atoms with E-state index in [2.05, 4.69) is 15.8 Å². The molecule has 1 rings (SSSR count). The lowest BCUT2D eigenvalue weighted by molar-refractivity contribution is -0.139. The Bertz CT molecular complexity index is 175. The summed E-state index contributed by atoms with van der Waals surface area (Å²) in [7, 11) is 0. The van der Waals surface area contributed by atoms with Gasteiger partial charge in [-0.2, -0.15) is 0 Å². The molecule has 1 aliphatic heterocycles. The van der Waals surface area contributed by atoms with Gasteiger partial charge in [-0.25, -0.2) is 9.59 Å². The number of ether oxygens (including phenoxy) is 1. The van der Waals surface area contributed by atoms with Crippen molar-refractivity contribution in [2.45, 2.75) is 18.9 Å². The fourth-order valence-electron chi connectivity index (χ4n) is 1.06. The maximum absolute atomic E-state index is 10.9. The molecule has 0 spiro atoms. The van der Waals surface area contributed by atoms with Crippen molar-refractivity contribution < 1.29 is 14.3 Å². The number of carbonyl (C=O) groups is 2. The Hall–Kier alpha value is -1.10. The number of carbonyl (C=O) groups excluding carboxylic acids is 2. The molecule has 1 fully saturated rings.